The first-order valence-electron chi connectivity index (χ1n) is 7.61. The highest BCUT2D eigenvalue weighted by atomic mass is 32.2. The van der Waals surface area contributed by atoms with Gasteiger partial charge in [0.1, 0.15) is 0 Å². The van der Waals surface area contributed by atoms with Crippen LogP contribution in [0.5, 0.6) is 0 Å². The Morgan fingerprint density at radius 3 is 2.48 bits per heavy atom. The van der Waals surface area contributed by atoms with Crippen LogP contribution in [0, 0.1) is 0 Å². The molecule has 4 aromatic rings. The summed E-state index contributed by atoms with van der Waals surface area (Å²) in [5, 5.41) is 8.32. The first-order valence-corrected chi connectivity index (χ1v) is 9.10. The predicted molar refractivity (Wildman–Crippen MR) is 95.7 cm³/mol. The molecular formula is C18H14N4O2S. The number of aromatic nitrogens is 3. The number of nitrogens with one attached hydrogen (secondary N) is 1. The van der Waals surface area contributed by atoms with Crippen molar-refractivity contribution in [3.8, 4) is 11.4 Å². The summed E-state index contributed by atoms with van der Waals surface area (Å²) in [6.07, 6.45) is 1.87. The summed E-state index contributed by atoms with van der Waals surface area (Å²) in [5.74, 6) is 0.649. The molecule has 0 saturated heterocycles. The number of nitrogens with zero attached hydrogens (tertiary/aromatic N) is 3. The fourth-order valence-corrected chi connectivity index (χ4v) is 3.64. The number of sulfonamides is 1. The third kappa shape index (κ3) is 2.97. The Balaban J connectivity index is 1.71. The fourth-order valence-electron chi connectivity index (χ4n) is 2.57. The Bertz CT molecular complexity index is 1140. The molecule has 2 aromatic carbocycles. The van der Waals surface area contributed by atoms with Crippen molar-refractivity contribution in [2.24, 2.45) is 0 Å². The van der Waals surface area contributed by atoms with E-state index in [0.29, 0.717) is 11.5 Å². The van der Waals surface area contributed by atoms with Crippen LogP contribution in [0.4, 0.5) is 5.69 Å². The fraction of sp³-hybridized carbons (Fsp3) is 0. The van der Waals surface area contributed by atoms with Crippen molar-refractivity contribution in [1.29, 1.82) is 0 Å². The van der Waals surface area contributed by atoms with Gasteiger partial charge in [-0.2, -0.15) is 0 Å². The van der Waals surface area contributed by atoms with Crippen LogP contribution in [-0.4, -0.2) is 23.0 Å². The van der Waals surface area contributed by atoms with Gasteiger partial charge in [0.25, 0.3) is 10.0 Å². The van der Waals surface area contributed by atoms with E-state index in [2.05, 4.69) is 14.9 Å². The van der Waals surface area contributed by atoms with E-state index in [1.165, 1.54) is 0 Å². The monoisotopic (exact) mass is 350 g/mol. The van der Waals surface area contributed by atoms with Crippen LogP contribution in [0.2, 0.25) is 0 Å². The number of fused-ring (bicyclic) bond motifs is 1. The maximum Gasteiger partial charge on any atom is 0.261 e. The summed E-state index contributed by atoms with van der Waals surface area (Å²) in [5.41, 5.74) is 1.97. The second-order valence-corrected chi connectivity index (χ2v) is 7.13. The molecule has 0 spiro atoms. The van der Waals surface area contributed by atoms with E-state index >= 15 is 0 Å². The lowest BCUT2D eigenvalue weighted by atomic mass is 10.2. The first-order chi connectivity index (χ1) is 12.1. The van der Waals surface area contributed by atoms with Crippen LogP contribution in [0.15, 0.2) is 83.9 Å². The van der Waals surface area contributed by atoms with Crippen LogP contribution in [0.1, 0.15) is 0 Å². The van der Waals surface area contributed by atoms with Gasteiger partial charge >= 0.3 is 0 Å². The quantitative estimate of drug-likeness (QED) is 0.613. The molecule has 0 unspecified atom stereocenters. The zero-order valence-corrected chi connectivity index (χ0v) is 13.9. The Kier molecular flexibility index (Phi) is 3.70. The summed E-state index contributed by atoms with van der Waals surface area (Å²) in [6, 6.07) is 21.0. The third-order valence-corrected chi connectivity index (χ3v) is 5.14. The lowest BCUT2D eigenvalue weighted by molar-refractivity contribution is 0.601. The van der Waals surface area contributed by atoms with Crippen molar-refractivity contribution >= 4 is 21.4 Å². The van der Waals surface area contributed by atoms with Crippen molar-refractivity contribution in [2.45, 2.75) is 4.90 Å². The molecule has 124 valence electrons. The minimum absolute atomic E-state index is 0.216. The molecule has 0 saturated carbocycles. The highest BCUT2D eigenvalue weighted by molar-refractivity contribution is 7.92. The molecule has 0 fully saturated rings. The number of anilines is 1. The van der Waals surface area contributed by atoms with Crippen LogP contribution in [0.25, 0.3) is 17.0 Å². The van der Waals surface area contributed by atoms with E-state index in [0.717, 1.165) is 11.2 Å². The Hall–Kier alpha value is -3.19. The van der Waals surface area contributed by atoms with Crippen LogP contribution in [-0.2, 0) is 10.0 Å². The highest BCUT2D eigenvalue weighted by Crippen LogP contribution is 2.23. The predicted octanol–water partition coefficient (Wildman–Crippen LogP) is 3.20. The molecule has 4 rings (SSSR count). The van der Waals surface area contributed by atoms with Gasteiger partial charge in [0.2, 0.25) is 0 Å². The average molecular weight is 350 g/mol. The number of rotatable bonds is 4. The maximum absolute atomic E-state index is 12.5. The first kappa shape index (κ1) is 15.3. The number of pyridine rings is 1. The Morgan fingerprint density at radius 1 is 0.840 bits per heavy atom. The van der Waals surface area contributed by atoms with Crippen molar-refractivity contribution in [3.05, 3.63) is 79.0 Å². The van der Waals surface area contributed by atoms with Crippen LogP contribution in [0.3, 0.4) is 0 Å². The summed E-state index contributed by atoms with van der Waals surface area (Å²) >= 11 is 0. The molecule has 0 amide bonds. The Morgan fingerprint density at radius 2 is 1.64 bits per heavy atom. The van der Waals surface area contributed by atoms with Gasteiger partial charge in [0, 0.05) is 17.4 Å². The minimum Gasteiger partial charge on any atom is -0.282 e. The summed E-state index contributed by atoms with van der Waals surface area (Å²) < 4.78 is 29.4. The van der Waals surface area contributed by atoms with Crippen molar-refractivity contribution < 1.29 is 8.42 Å². The molecule has 0 radical (unpaired) electrons. The van der Waals surface area contributed by atoms with Crippen molar-refractivity contribution in [2.75, 3.05) is 4.72 Å². The van der Waals surface area contributed by atoms with Crippen LogP contribution >= 0.6 is 0 Å². The van der Waals surface area contributed by atoms with E-state index in [1.54, 1.807) is 48.5 Å². The lowest BCUT2D eigenvalue weighted by Crippen LogP contribution is -2.12. The average Bonchev–Trinajstić information content (AvgIpc) is 3.06. The largest absolute Gasteiger partial charge is 0.282 e. The molecule has 1 N–H and O–H groups in total. The lowest BCUT2D eigenvalue weighted by Gasteiger charge is -2.09. The summed E-state index contributed by atoms with van der Waals surface area (Å²) in [7, 11) is -3.63. The number of hydrogen-bond donors (Lipinski definition) is 1. The van der Waals surface area contributed by atoms with Gasteiger partial charge in [0.15, 0.2) is 11.5 Å². The number of hydrogen-bond acceptors (Lipinski definition) is 4. The molecule has 0 aliphatic rings. The number of benzene rings is 2. The molecule has 0 aliphatic heterocycles. The standard InChI is InChI=1S/C18H14N4O2S/c23-25(24,16-9-2-1-3-10-16)21-15-8-6-7-14(13-15)18-20-19-17-11-4-5-12-22(17)18/h1-13,21H. The normalized spacial score (nSPS) is 11.5. The van der Waals surface area contributed by atoms with Gasteiger partial charge in [-0.05, 0) is 36.4 Å². The van der Waals surface area contributed by atoms with Crippen molar-refractivity contribution in [1.82, 2.24) is 14.6 Å². The molecular weight excluding hydrogens is 336 g/mol. The molecule has 2 aromatic heterocycles. The van der Waals surface area contributed by atoms with Crippen molar-refractivity contribution in [3.63, 3.8) is 0 Å². The zero-order valence-electron chi connectivity index (χ0n) is 13.1. The molecule has 0 atom stereocenters. The van der Waals surface area contributed by atoms with Gasteiger partial charge in [-0.15, -0.1) is 10.2 Å². The second kappa shape index (κ2) is 6.03. The summed E-state index contributed by atoms with van der Waals surface area (Å²) in [6.45, 7) is 0. The summed E-state index contributed by atoms with van der Waals surface area (Å²) in [4.78, 5) is 0.216. The molecule has 25 heavy (non-hydrogen) atoms. The SMILES string of the molecule is O=S(=O)(Nc1cccc(-c2nnc3ccccn23)c1)c1ccccc1. The van der Waals surface area contributed by atoms with Crippen LogP contribution < -0.4 is 4.72 Å². The minimum atomic E-state index is -3.63. The molecule has 2 heterocycles. The van der Waals surface area contributed by atoms with E-state index in [-0.39, 0.29) is 4.90 Å². The Labute approximate surface area is 144 Å². The van der Waals surface area contributed by atoms with E-state index in [1.807, 2.05) is 34.9 Å². The smallest absolute Gasteiger partial charge is 0.261 e. The molecule has 0 bridgehead atoms. The maximum atomic E-state index is 12.5. The van der Waals surface area contributed by atoms with Gasteiger partial charge in [-0.1, -0.05) is 36.4 Å². The molecule has 6 nitrogen and oxygen atoms in total. The van der Waals surface area contributed by atoms with E-state index in [4.69, 9.17) is 0 Å². The molecule has 0 aliphatic carbocycles. The van der Waals surface area contributed by atoms with Gasteiger partial charge < -0.3 is 0 Å². The second-order valence-electron chi connectivity index (χ2n) is 5.45. The third-order valence-electron chi connectivity index (χ3n) is 3.74. The highest BCUT2D eigenvalue weighted by Gasteiger charge is 2.14. The molecule has 7 heteroatoms. The van der Waals surface area contributed by atoms with Gasteiger partial charge in [-0.3, -0.25) is 9.12 Å². The topological polar surface area (TPSA) is 76.4 Å². The van der Waals surface area contributed by atoms with Gasteiger partial charge in [0.05, 0.1) is 4.90 Å². The van der Waals surface area contributed by atoms with E-state index in [9.17, 15) is 8.42 Å². The zero-order chi connectivity index (χ0) is 17.3. The van der Waals surface area contributed by atoms with E-state index < -0.39 is 10.0 Å². The van der Waals surface area contributed by atoms with Gasteiger partial charge in [-0.25, -0.2) is 8.42 Å².